The fourth-order valence-electron chi connectivity index (χ4n) is 1.82. The smallest absolute Gasteiger partial charge is 0.124 e. The molecule has 0 radical (unpaired) electrons. The van der Waals surface area contributed by atoms with E-state index in [1.165, 1.54) is 5.56 Å². The van der Waals surface area contributed by atoms with Crippen LogP contribution < -0.4 is 10.1 Å². The fraction of sp³-hybridized carbons (Fsp3) is 0.400. The predicted molar refractivity (Wildman–Crippen MR) is 79.6 cm³/mol. The SMILES string of the molecule is CC(C)Oc1ccccc1CNC(C)c1nccs1. The molecule has 102 valence electrons. The number of thiazole rings is 1. The molecule has 1 aromatic heterocycles. The van der Waals surface area contributed by atoms with Gasteiger partial charge in [-0.3, -0.25) is 0 Å². The average molecular weight is 276 g/mol. The fourth-order valence-corrected chi connectivity index (χ4v) is 2.49. The maximum absolute atomic E-state index is 5.82. The summed E-state index contributed by atoms with van der Waals surface area (Å²) in [6.45, 7) is 7.00. The van der Waals surface area contributed by atoms with E-state index in [-0.39, 0.29) is 12.1 Å². The number of hydrogen-bond acceptors (Lipinski definition) is 4. The molecule has 2 aromatic rings. The second kappa shape index (κ2) is 6.68. The van der Waals surface area contributed by atoms with Gasteiger partial charge in [0.25, 0.3) is 0 Å². The van der Waals surface area contributed by atoms with Gasteiger partial charge in [-0.15, -0.1) is 11.3 Å². The monoisotopic (exact) mass is 276 g/mol. The molecule has 4 heteroatoms. The number of rotatable bonds is 6. The number of nitrogens with zero attached hydrogens (tertiary/aromatic N) is 1. The zero-order chi connectivity index (χ0) is 13.7. The van der Waals surface area contributed by atoms with Crippen LogP contribution in [-0.2, 0) is 6.54 Å². The Bertz CT molecular complexity index is 497. The second-order valence-corrected chi connectivity index (χ2v) is 5.67. The summed E-state index contributed by atoms with van der Waals surface area (Å²) in [5.41, 5.74) is 1.18. The van der Waals surface area contributed by atoms with Crippen molar-refractivity contribution in [3.05, 3.63) is 46.4 Å². The summed E-state index contributed by atoms with van der Waals surface area (Å²) in [6.07, 6.45) is 2.03. The molecule has 0 saturated carbocycles. The van der Waals surface area contributed by atoms with Gasteiger partial charge in [0, 0.05) is 23.7 Å². The van der Waals surface area contributed by atoms with Crippen LogP contribution in [0.15, 0.2) is 35.8 Å². The number of benzene rings is 1. The van der Waals surface area contributed by atoms with Gasteiger partial charge in [0.05, 0.1) is 12.1 Å². The number of para-hydroxylation sites is 1. The molecule has 0 fully saturated rings. The Kier molecular flexibility index (Phi) is 4.93. The molecule has 1 heterocycles. The van der Waals surface area contributed by atoms with E-state index in [1.807, 2.05) is 43.6 Å². The molecular weight excluding hydrogens is 256 g/mol. The molecule has 0 spiro atoms. The molecule has 0 amide bonds. The van der Waals surface area contributed by atoms with Crippen LogP contribution in [0.4, 0.5) is 0 Å². The van der Waals surface area contributed by atoms with Crippen LogP contribution >= 0.6 is 11.3 Å². The van der Waals surface area contributed by atoms with Gasteiger partial charge >= 0.3 is 0 Å². The van der Waals surface area contributed by atoms with Crippen molar-refractivity contribution >= 4 is 11.3 Å². The number of aromatic nitrogens is 1. The van der Waals surface area contributed by atoms with Crippen LogP contribution in [0.3, 0.4) is 0 Å². The quantitative estimate of drug-likeness (QED) is 0.872. The van der Waals surface area contributed by atoms with Crippen molar-refractivity contribution in [2.75, 3.05) is 0 Å². The first-order valence-electron chi connectivity index (χ1n) is 6.54. The van der Waals surface area contributed by atoms with Gasteiger partial charge < -0.3 is 10.1 Å². The zero-order valence-corrected chi connectivity index (χ0v) is 12.4. The molecule has 1 N–H and O–H groups in total. The first-order valence-corrected chi connectivity index (χ1v) is 7.42. The van der Waals surface area contributed by atoms with Crippen LogP contribution in [0.5, 0.6) is 5.75 Å². The lowest BCUT2D eigenvalue weighted by molar-refractivity contribution is 0.239. The summed E-state index contributed by atoms with van der Waals surface area (Å²) in [5, 5.41) is 6.60. The van der Waals surface area contributed by atoms with Crippen molar-refractivity contribution in [1.29, 1.82) is 0 Å². The summed E-state index contributed by atoms with van der Waals surface area (Å²) >= 11 is 1.68. The Hall–Kier alpha value is -1.39. The van der Waals surface area contributed by atoms with Crippen LogP contribution in [0.25, 0.3) is 0 Å². The third-order valence-corrected chi connectivity index (χ3v) is 3.71. The molecule has 1 unspecified atom stereocenters. The van der Waals surface area contributed by atoms with Gasteiger partial charge in [0.2, 0.25) is 0 Å². The summed E-state index contributed by atoms with van der Waals surface area (Å²) < 4.78 is 5.82. The van der Waals surface area contributed by atoms with E-state index in [1.54, 1.807) is 11.3 Å². The highest BCUT2D eigenvalue weighted by Crippen LogP contribution is 2.21. The van der Waals surface area contributed by atoms with E-state index in [9.17, 15) is 0 Å². The lowest BCUT2D eigenvalue weighted by atomic mass is 10.2. The maximum atomic E-state index is 5.82. The lowest BCUT2D eigenvalue weighted by Crippen LogP contribution is -2.19. The first-order chi connectivity index (χ1) is 9.16. The minimum Gasteiger partial charge on any atom is -0.491 e. The van der Waals surface area contributed by atoms with Gasteiger partial charge in [0.15, 0.2) is 0 Å². The van der Waals surface area contributed by atoms with Crippen molar-refractivity contribution in [3.8, 4) is 5.75 Å². The Morgan fingerprint density at radius 1 is 1.26 bits per heavy atom. The van der Waals surface area contributed by atoms with Crippen LogP contribution in [-0.4, -0.2) is 11.1 Å². The van der Waals surface area contributed by atoms with E-state index in [0.29, 0.717) is 0 Å². The van der Waals surface area contributed by atoms with Crippen LogP contribution in [0.2, 0.25) is 0 Å². The molecule has 3 nitrogen and oxygen atoms in total. The average Bonchev–Trinajstić information content (AvgIpc) is 2.90. The summed E-state index contributed by atoms with van der Waals surface area (Å²) in [5.74, 6) is 0.955. The topological polar surface area (TPSA) is 34.1 Å². The van der Waals surface area contributed by atoms with Crippen molar-refractivity contribution in [2.24, 2.45) is 0 Å². The normalized spacial score (nSPS) is 12.6. The largest absolute Gasteiger partial charge is 0.491 e. The number of nitrogens with one attached hydrogen (secondary N) is 1. The lowest BCUT2D eigenvalue weighted by Gasteiger charge is -2.16. The van der Waals surface area contributed by atoms with E-state index in [0.717, 1.165) is 17.3 Å². The highest BCUT2D eigenvalue weighted by molar-refractivity contribution is 7.09. The van der Waals surface area contributed by atoms with Gasteiger partial charge in [-0.25, -0.2) is 4.98 Å². The standard InChI is InChI=1S/C15H20N2OS/c1-11(2)18-14-7-5-4-6-13(14)10-17-12(3)15-16-8-9-19-15/h4-9,11-12,17H,10H2,1-3H3. The third-order valence-electron chi connectivity index (χ3n) is 2.76. The molecule has 0 saturated heterocycles. The van der Waals surface area contributed by atoms with E-state index in [2.05, 4.69) is 23.3 Å². The molecule has 0 bridgehead atoms. The predicted octanol–water partition coefficient (Wildman–Crippen LogP) is 3.78. The number of ether oxygens (including phenoxy) is 1. The molecule has 19 heavy (non-hydrogen) atoms. The Balaban J connectivity index is 1.99. The molecule has 0 aliphatic heterocycles. The van der Waals surface area contributed by atoms with Gasteiger partial charge in [-0.2, -0.15) is 0 Å². The van der Waals surface area contributed by atoms with Gasteiger partial charge in [0.1, 0.15) is 10.8 Å². The second-order valence-electron chi connectivity index (χ2n) is 4.75. The molecular formula is C15H20N2OS. The minimum atomic E-state index is 0.192. The van der Waals surface area contributed by atoms with Crippen molar-refractivity contribution in [2.45, 2.75) is 39.5 Å². The van der Waals surface area contributed by atoms with Gasteiger partial charge in [-0.1, -0.05) is 18.2 Å². The molecule has 0 aliphatic carbocycles. The van der Waals surface area contributed by atoms with Crippen LogP contribution in [0, 0.1) is 0 Å². The summed E-state index contributed by atoms with van der Waals surface area (Å²) in [7, 11) is 0. The highest BCUT2D eigenvalue weighted by Gasteiger charge is 2.09. The van der Waals surface area contributed by atoms with E-state index in [4.69, 9.17) is 4.74 Å². The molecule has 2 rings (SSSR count). The molecule has 1 atom stereocenters. The van der Waals surface area contributed by atoms with Crippen molar-refractivity contribution < 1.29 is 4.74 Å². The Morgan fingerprint density at radius 2 is 2.05 bits per heavy atom. The Morgan fingerprint density at radius 3 is 2.74 bits per heavy atom. The summed E-state index contributed by atoms with van der Waals surface area (Å²) in [6, 6.07) is 8.42. The Labute approximate surface area is 118 Å². The third kappa shape index (κ3) is 4.04. The van der Waals surface area contributed by atoms with Crippen molar-refractivity contribution in [3.63, 3.8) is 0 Å². The van der Waals surface area contributed by atoms with E-state index >= 15 is 0 Å². The van der Waals surface area contributed by atoms with Crippen molar-refractivity contribution in [1.82, 2.24) is 10.3 Å². The highest BCUT2D eigenvalue weighted by atomic mass is 32.1. The minimum absolute atomic E-state index is 0.192. The first kappa shape index (κ1) is 14.0. The summed E-state index contributed by atoms with van der Waals surface area (Å²) in [4.78, 5) is 4.32. The molecule has 1 aromatic carbocycles. The van der Waals surface area contributed by atoms with Gasteiger partial charge in [-0.05, 0) is 26.8 Å². The number of hydrogen-bond donors (Lipinski definition) is 1. The van der Waals surface area contributed by atoms with Crippen LogP contribution in [0.1, 0.15) is 37.4 Å². The molecule has 0 aliphatic rings. The zero-order valence-electron chi connectivity index (χ0n) is 11.6. The van der Waals surface area contributed by atoms with E-state index < -0.39 is 0 Å². The maximum Gasteiger partial charge on any atom is 0.124 e.